The van der Waals surface area contributed by atoms with Gasteiger partial charge in [-0.2, -0.15) is 13.2 Å². The molecule has 2 aromatic heterocycles. The molecule has 3 rings (SSSR count). The number of hydrogen-bond donors (Lipinski definition) is 1. The van der Waals surface area contributed by atoms with E-state index in [9.17, 15) is 13.2 Å². The Morgan fingerprint density at radius 3 is 3.05 bits per heavy atom. The lowest BCUT2D eigenvalue weighted by atomic mass is 10.1. The van der Waals surface area contributed by atoms with Crippen LogP contribution in [0.15, 0.2) is 29.0 Å². The number of halogens is 3. The fraction of sp³-hybridized carbons (Fsp3) is 0.500. The first-order chi connectivity index (χ1) is 10.0. The summed E-state index contributed by atoms with van der Waals surface area (Å²) in [6.07, 6.45) is -0.104. The topological polar surface area (TPSA) is 41.3 Å². The molecule has 21 heavy (non-hydrogen) atoms. The van der Waals surface area contributed by atoms with Crippen LogP contribution in [0.3, 0.4) is 0 Å². The largest absolute Gasteiger partial charge is 0.464 e. The lowest BCUT2D eigenvalue weighted by molar-refractivity contribution is -0.143. The summed E-state index contributed by atoms with van der Waals surface area (Å²) in [5.74, 6) is 0.923. The number of alkyl halides is 3. The molecule has 0 bridgehead atoms. The molecule has 1 aliphatic heterocycles. The van der Waals surface area contributed by atoms with E-state index in [2.05, 4.69) is 10.3 Å². The van der Waals surface area contributed by atoms with Crippen LogP contribution in [0.4, 0.5) is 19.0 Å². The zero-order valence-corrected chi connectivity index (χ0v) is 11.4. The van der Waals surface area contributed by atoms with E-state index >= 15 is 0 Å². The van der Waals surface area contributed by atoms with E-state index < -0.39 is 12.7 Å². The van der Waals surface area contributed by atoms with E-state index in [0.717, 1.165) is 23.2 Å². The fourth-order valence-corrected chi connectivity index (χ4v) is 2.75. The van der Waals surface area contributed by atoms with Gasteiger partial charge in [0, 0.05) is 19.3 Å². The summed E-state index contributed by atoms with van der Waals surface area (Å²) in [6, 6.07) is 3.61. The van der Waals surface area contributed by atoms with Crippen molar-refractivity contribution in [2.75, 3.05) is 31.5 Å². The van der Waals surface area contributed by atoms with Crippen molar-refractivity contribution in [3.8, 4) is 0 Å². The van der Waals surface area contributed by atoms with E-state index in [1.807, 2.05) is 6.07 Å². The Balaban J connectivity index is 1.56. The number of aromatic nitrogens is 1. The van der Waals surface area contributed by atoms with Crippen LogP contribution < -0.4 is 5.32 Å². The SMILES string of the molecule is FC(F)(F)CN1CCC(CNc2nccc3occc23)C1. The van der Waals surface area contributed by atoms with E-state index in [0.29, 0.717) is 19.6 Å². The molecule has 0 radical (unpaired) electrons. The highest BCUT2D eigenvalue weighted by molar-refractivity contribution is 5.87. The number of hydrogen-bond acceptors (Lipinski definition) is 4. The maximum atomic E-state index is 12.3. The Labute approximate surface area is 119 Å². The number of nitrogens with one attached hydrogen (secondary N) is 1. The summed E-state index contributed by atoms with van der Waals surface area (Å²) in [5, 5.41) is 4.11. The molecule has 3 heterocycles. The summed E-state index contributed by atoms with van der Waals surface area (Å²) in [7, 11) is 0. The first-order valence-corrected chi connectivity index (χ1v) is 6.86. The van der Waals surface area contributed by atoms with Gasteiger partial charge in [-0.3, -0.25) is 4.90 Å². The lowest BCUT2D eigenvalue weighted by Crippen LogP contribution is -2.33. The van der Waals surface area contributed by atoms with Crippen molar-refractivity contribution in [1.82, 2.24) is 9.88 Å². The van der Waals surface area contributed by atoms with Crippen molar-refractivity contribution >= 4 is 16.8 Å². The van der Waals surface area contributed by atoms with Gasteiger partial charge in [-0.15, -0.1) is 0 Å². The summed E-state index contributed by atoms with van der Waals surface area (Å²) >= 11 is 0. The van der Waals surface area contributed by atoms with Gasteiger partial charge in [0.25, 0.3) is 0 Å². The molecule has 2 aromatic rings. The third-order valence-electron chi connectivity index (χ3n) is 3.71. The van der Waals surface area contributed by atoms with Crippen LogP contribution in [-0.4, -0.2) is 42.2 Å². The van der Waals surface area contributed by atoms with Crippen LogP contribution in [0, 0.1) is 5.92 Å². The molecule has 0 saturated carbocycles. The van der Waals surface area contributed by atoms with Crippen molar-refractivity contribution < 1.29 is 17.6 Å². The monoisotopic (exact) mass is 299 g/mol. The van der Waals surface area contributed by atoms with Gasteiger partial charge in [-0.05, 0) is 31.0 Å². The average molecular weight is 299 g/mol. The molecule has 0 amide bonds. The van der Waals surface area contributed by atoms with E-state index in [1.165, 1.54) is 4.90 Å². The number of rotatable bonds is 4. The van der Waals surface area contributed by atoms with Gasteiger partial charge in [-0.1, -0.05) is 0 Å². The highest BCUT2D eigenvalue weighted by Crippen LogP contribution is 2.25. The summed E-state index contributed by atoms with van der Waals surface area (Å²) in [4.78, 5) is 5.71. The number of nitrogens with zero attached hydrogens (tertiary/aromatic N) is 2. The van der Waals surface area contributed by atoms with Crippen LogP contribution in [0.5, 0.6) is 0 Å². The smallest absolute Gasteiger partial charge is 0.401 e. The van der Waals surface area contributed by atoms with Gasteiger partial charge in [-0.25, -0.2) is 4.98 Å². The number of likely N-dealkylation sites (tertiary alicyclic amines) is 1. The van der Waals surface area contributed by atoms with Gasteiger partial charge < -0.3 is 9.73 Å². The molecule has 0 aromatic carbocycles. The van der Waals surface area contributed by atoms with Crippen LogP contribution in [0.1, 0.15) is 6.42 Å². The maximum absolute atomic E-state index is 12.3. The summed E-state index contributed by atoms with van der Waals surface area (Å²) in [6.45, 7) is 0.758. The molecule has 0 aliphatic carbocycles. The Kier molecular flexibility index (Phi) is 3.75. The third-order valence-corrected chi connectivity index (χ3v) is 3.71. The second kappa shape index (κ2) is 5.55. The molecule has 1 fully saturated rings. The minimum Gasteiger partial charge on any atom is -0.464 e. The lowest BCUT2D eigenvalue weighted by Gasteiger charge is -2.18. The molecule has 7 heteroatoms. The predicted octanol–water partition coefficient (Wildman–Crippen LogP) is 3.12. The molecule has 1 N–H and O–H groups in total. The zero-order valence-electron chi connectivity index (χ0n) is 11.4. The molecule has 1 atom stereocenters. The second-order valence-electron chi connectivity index (χ2n) is 5.38. The standard InChI is InChI=1S/C14H16F3N3O/c15-14(16,17)9-20-5-2-10(8-20)7-19-13-11-3-6-21-12(11)1-4-18-13/h1,3-4,6,10H,2,5,7-9H2,(H,18,19). The van der Waals surface area contributed by atoms with Crippen LogP contribution in [-0.2, 0) is 0 Å². The average Bonchev–Trinajstić information content (AvgIpc) is 3.03. The van der Waals surface area contributed by atoms with E-state index in [-0.39, 0.29) is 5.92 Å². The van der Waals surface area contributed by atoms with Crippen molar-refractivity contribution in [2.24, 2.45) is 5.92 Å². The quantitative estimate of drug-likeness (QED) is 0.942. The minimum atomic E-state index is -4.12. The molecule has 1 unspecified atom stereocenters. The van der Waals surface area contributed by atoms with E-state index in [4.69, 9.17) is 4.42 Å². The van der Waals surface area contributed by atoms with E-state index in [1.54, 1.807) is 18.5 Å². The minimum absolute atomic E-state index is 0.205. The normalized spacial score (nSPS) is 20.2. The Hall–Kier alpha value is -1.76. The zero-order chi connectivity index (χ0) is 14.9. The first-order valence-electron chi connectivity index (χ1n) is 6.86. The number of furan rings is 1. The number of fused-ring (bicyclic) bond motifs is 1. The predicted molar refractivity (Wildman–Crippen MR) is 73.1 cm³/mol. The van der Waals surface area contributed by atoms with Gasteiger partial charge in [0.1, 0.15) is 11.4 Å². The Bertz CT molecular complexity index is 611. The highest BCUT2D eigenvalue weighted by Gasteiger charge is 2.34. The molecule has 114 valence electrons. The van der Waals surface area contributed by atoms with Crippen molar-refractivity contribution in [3.05, 3.63) is 24.6 Å². The van der Waals surface area contributed by atoms with Crippen molar-refractivity contribution in [2.45, 2.75) is 12.6 Å². The van der Waals surface area contributed by atoms with Gasteiger partial charge in [0.05, 0.1) is 18.2 Å². The van der Waals surface area contributed by atoms with Gasteiger partial charge in [0.15, 0.2) is 0 Å². The maximum Gasteiger partial charge on any atom is 0.401 e. The third kappa shape index (κ3) is 3.47. The number of pyridine rings is 1. The molecular weight excluding hydrogens is 283 g/mol. The molecule has 4 nitrogen and oxygen atoms in total. The van der Waals surface area contributed by atoms with Crippen LogP contribution in [0.2, 0.25) is 0 Å². The highest BCUT2D eigenvalue weighted by atomic mass is 19.4. The van der Waals surface area contributed by atoms with Gasteiger partial charge in [0.2, 0.25) is 0 Å². The number of anilines is 1. The van der Waals surface area contributed by atoms with Crippen molar-refractivity contribution in [3.63, 3.8) is 0 Å². The van der Waals surface area contributed by atoms with Crippen LogP contribution in [0.25, 0.3) is 11.0 Å². The summed E-state index contributed by atoms with van der Waals surface area (Å²) in [5.41, 5.74) is 0.748. The fourth-order valence-electron chi connectivity index (χ4n) is 2.75. The first kappa shape index (κ1) is 14.2. The Morgan fingerprint density at radius 2 is 2.24 bits per heavy atom. The Morgan fingerprint density at radius 1 is 1.38 bits per heavy atom. The molecule has 1 aliphatic rings. The van der Waals surface area contributed by atoms with Crippen LogP contribution >= 0.6 is 0 Å². The second-order valence-corrected chi connectivity index (χ2v) is 5.38. The molecular formula is C14H16F3N3O. The molecule has 0 spiro atoms. The van der Waals surface area contributed by atoms with Crippen molar-refractivity contribution in [1.29, 1.82) is 0 Å². The molecule has 1 saturated heterocycles. The summed E-state index contributed by atoms with van der Waals surface area (Å²) < 4.78 is 42.3. The van der Waals surface area contributed by atoms with Gasteiger partial charge >= 0.3 is 6.18 Å².